The van der Waals surface area contributed by atoms with Crippen molar-refractivity contribution in [3.63, 3.8) is 0 Å². The van der Waals surface area contributed by atoms with Gasteiger partial charge in [-0.25, -0.2) is 14.6 Å². The lowest BCUT2D eigenvalue weighted by Crippen LogP contribution is -2.42. The van der Waals surface area contributed by atoms with Gasteiger partial charge in [-0.1, -0.05) is 43.2 Å². The molecule has 152 valence electrons. The van der Waals surface area contributed by atoms with Gasteiger partial charge in [-0.3, -0.25) is 9.59 Å². The molecule has 0 unspecified atom stereocenters. The first-order valence-corrected chi connectivity index (χ1v) is 11.0. The molecule has 1 aliphatic carbocycles. The Hall–Kier alpha value is -2.68. The topological polar surface area (TPSA) is 96.8 Å². The van der Waals surface area contributed by atoms with E-state index < -0.39 is 0 Å². The van der Waals surface area contributed by atoms with Crippen molar-refractivity contribution in [3.05, 3.63) is 40.9 Å². The van der Waals surface area contributed by atoms with Gasteiger partial charge in [-0.2, -0.15) is 10.1 Å². The number of aromatic nitrogens is 5. The van der Waals surface area contributed by atoms with Crippen LogP contribution in [-0.4, -0.2) is 53.9 Å². The number of aromatic amines is 1. The molecule has 0 aliphatic heterocycles. The van der Waals surface area contributed by atoms with E-state index in [-0.39, 0.29) is 17.2 Å². The smallest absolute Gasteiger partial charge is 0.269 e. The van der Waals surface area contributed by atoms with Gasteiger partial charge >= 0.3 is 0 Å². The maximum absolute atomic E-state index is 13.1. The maximum atomic E-state index is 13.1. The molecule has 1 amide bonds. The molecule has 2 aromatic heterocycles. The van der Waals surface area contributed by atoms with Crippen molar-refractivity contribution in [2.75, 3.05) is 12.3 Å². The van der Waals surface area contributed by atoms with Crippen molar-refractivity contribution in [2.45, 2.75) is 50.2 Å². The van der Waals surface area contributed by atoms with E-state index in [1.807, 2.05) is 17.9 Å². The minimum atomic E-state index is -0.234. The number of H-pyrrole nitrogens is 1. The monoisotopic (exact) mass is 412 g/mol. The number of nitrogens with zero attached hydrogens (tertiary/aromatic N) is 5. The molecule has 3 aromatic rings. The van der Waals surface area contributed by atoms with Crippen molar-refractivity contribution in [2.24, 2.45) is 0 Å². The molecule has 4 rings (SSSR count). The van der Waals surface area contributed by atoms with Gasteiger partial charge in [-0.15, -0.1) is 0 Å². The van der Waals surface area contributed by atoms with E-state index in [4.69, 9.17) is 0 Å². The predicted octanol–water partition coefficient (Wildman–Crippen LogP) is 2.78. The molecule has 0 bridgehead atoms. The van der Waals surface area contributed by atoms with Crippen LogP contribution in [0, 0.1) is 0 Å². The summed E-state index contributed by atoms with van der Waals surface area (Å²) in [5.41, 5.74) is 0.366. The molecule has 0 spiro atoms. The van der Waals surface area contributed by atoms with Crippen LogP contribution >= 0.6 is 11.8 Å². The van der Waals surface area contributed by atoms with Crippen LogP contribution in [0.4, 0.5) is 0 Å². The molecule has 1 saturated carbocycles. The number of carbonyl (C=O) groups is 1. The number of carbonyl (C=O) groups excluding carboxylic acids is 1. The van der Waals surface area contributed by atoms with Crippen LogP contribution in [-0.2, 0) is 4.79 Å². The van der Waals surface area contributed by atoms with E-state index in [0.717, 1.165) is 12.8 Å². The summed E-state index contributed by atoms with van der Waals surface area (Å²) in [6, 6.07) is 7.50. The number of nitrogens with one attached hydrogen (secondary N) is 1. The Bertz CT molecular complexity index is 1040. The average molecular weight is 413 g/mol. The Balaban J connectivity index is 1.62. The van der Waals surface area contributed by atoms with Crippen molar-refractivity contribution >= 4 is 28.6 Å². The van der Waals surface area contributed by atoms with Gasteiger partial charge in [0.25, 0.3) is 5.56 Å². The fraction of sp³-hybridized carbons (Fsp3) is 0.450. The first kappa shape index (κ1) is 19.6. The Morgan fingerprint density at radius 1 is 1.28 bits per heavy atom. The summed E-state index contributed by atoms with van der Waals surface area (Å²) in [5.74, 6) is 0.599. The third-order valence-corrected chi connectivity index (χ3v) is 6.28. The second-order valence-electron chi connectivity index (χ2n) is 7.12. The number of fused-ring (bicyclic) bond motifs is 1. The molecule has 9 heteroatoms. The van der Waals surface area contributed by atoms with E-state index in [1.165, 1.54) is 41.9 Å². The second-order valence-corrected chi connectivity index (χ2v) is 8.06. The molecular formula is C20H24N6O2S. The SMILES string of the molecule is CCN(C(=O)CSc1nc2ccccc2c(=O)n1-c1ncn[nH]1)C1CCCCC1. The lowest BCUT2D eigenvalue weighted by atomic mass is 9.94. The molecule has 0 atom stereocenters. The molecule has 2 heterocycles. The van der Waals surface area contributed by atoms with Gasteiger partial charge in [0.05, 0.1) is 16.7 Å². The highest BCUT2D eigenvalue weighted by Gasteiger charge is 2.25. The zero-order chi connectivity index (χ0) is 20.2. The molecule has 8 nitrogen and oxygen atoms in total. The van der Waals surface area contributed by atoms with Crippen LogP contribution in [0.1, 0.15) is 39.0 Å². The average Bonchev–Trinajstić information content (AvgIpc) is 3.28. The van der Waals surface area contributed by atoms with E-state index in [9.17, 15) is 9.59 Å². The van der Waals surface area contributed by atoms with Gasteiger partial charge in [0.2, 0.25) is 11.9 Å². The summed E-state index contributed by atoms with van der Waals surface area (Å²) in [6.07, 6.45) is 7.10. The lowest BCUT2D eigenvalue weighted by Gasteiger charge is -2.33. The zero-order valence-corrected chi connectivity index (χ0v) is 17.2. The highest BCUT2D eigenvalue weighted by Crippen LogP contribution is 2.25. The molecule has 1 aromatic carbocycles. The first-order valence-electron chi connectivity index (χ1n) is 9.99. The highest BCUT2D eigenvalue weighted by atomic mass is 32.2. The first-order chi connectivity index (χ1) is 14.2. The van der Waals surface area contributed by atoms with E-state index in [1.54, 1.807) is 18.2 Å². The second kappa shape index (κ2) is 8.77. The Kier molecular flexibility index (Phi) is 5.94. The molecular weight excluding hydrogens is 388 g/mol. The standard InChI is InChI=1S/C20H24N6O2S/c1-2-25(14-8-4-3-5-9-14)17(27)12-29-20-23-16-11-7-6-10-15(16)18(28)26(20)19-21-13-22-24-19/h6-7,10-11,13-14H,2-5,8-9,12H2,1H3,(H,21,22,24). The van der Waals surface area contributed by atoms with Gasteiger partial charge in [0.15, 0.2) is 5.16 Å². The number of hydrogen-bond donors (Lipinski definition) is 1. The fourth-order valence-electron chi connectivity index (χ4n) is 3.94. The minimum Gasteiger partial charge on any atom is -0.339 e. The van der Waals surface area contributed by atoms with Gasteiger partial charge in [0.1, 0.15) is 6.33 Å². The van der Waals surface area contributed by atoms with Crippen LogP contribution < -0.4 is 5.56 Å². The van der Waals surface area contributed by atoms with Crippen LogP contribution in [0.3, 0.4) is 0 Å². The summed E-state index contributed by atoms with van der Waals surface area (Å²) < 4.78 is 1.39. The summed E-state index contributed by atoms with van der Waals surface area (Å²) in [5, 5.41) is 7.50. The molecule has 0 saturated heterocycles. The molecule has 29 heavy (non-hydrogen) atoms. The van der Waals surface area contributed by atoms with Gasteiger partial charge in [-0.05, 0) is 31.9 Å². The van der Waals surface area contributed by atoms with Gasteiger partial charge in [0, 0.05) is 12.6 Å². The Morgan fingerprint density at radius 2 is 2.07 bits per heavy atom. The van der Waals surface area contributed by atoms with Crippen LogP contribution in [0.15, 0.2) is 40.5 Å². The van der Waals surface area contributed by atoms with Crippen molar-refractivity contribution in [1.29, 1.82) is 0 Å². The molecule has 0 radical (unpaired) electrons. The van der Waals surface area contributed by atoms with E-state index in [2.05, 4.69) is 20.2 Å². The molecule has 1 fully saturated rings. The van der Waals surface area contributed by atoms with Crippen molar-refractivity contribution < 1.29 is 4.79 Å². The van der Waals surface area contributed by atoms with Crippen molar-refractivity contribution in [3.8, 4) is 5.95 Å². The quantitative estimate of drug-likeness (QED) is 0.494. The van der Waals surface area contributed by atoms with Crippen LogP contribution in [0.5, 0.6) is 0 Å². The predicted molar refractivity (Wildman–Crippen MR) is 112 cm³/mol. The number of thioether (sulfide) groups is 1. The normalized spacial score (nSPS) is 14.9. The number of para-hydroxylation sites is 1. The summed E-state index contributed by atoms with van der Waals surface area (Å²) in [4.78, 5) is 36.7. The Morgan fingerprint density at radius 3 is 2.79 bits per heavy atom. The largest absolute Gasteiger partial charge is 0.339 e. The maximum Gasteiger partial charge on any atom is 0.269 e. The number of rotatable bonds is 6. The van der Waals surface area contributed by atoms with E-state index >= 15 is 0 Å². The van der Waals surface area contributed by atoms with E-state index in [0.29, 0.717) is 34.6 Å². The number of benzene rings is 1. The number of hydrogen-bond acceptors (Lipinski definition) is 6. The lowest BCUT2D eigenvalue weighted by molar-refractivity contribution is -0.131. The number of amides is 1. The fourth-order valence-corrected chi connectivity index (χ4v) is 4.82. The van der Waals surface area contributed by atoms with Gasteiger partial charge < -0.3 is 4.90 Å². The van der Waals surface area contributed by atoms with Crippen LogP contribution in [0.25, 0.3) is 16.9 Å². The summed E-state index contributed by atoms with van der Waals surface area (Å²) in [7, 11) is 0. The van der Waals surface area contributed by atoms with Crippen molar-refractivity contribution in [1.82, 2.24) is 29.6 Å². The zero-order valence-electron chi connectivity index (χ0n) is 16.4. The molecule has 1 aliphatic rings. The molecule has 1 N–H and O–H groups in total. The van der Waals surface area contributed by atoms with Crippen LogP contribution in [0.2, 0.25) is 0 Å². The third-order valence-electron chi connectivity index (χ3n) is 5.36. The summed E-state index contributed by atoms with van der Waals surface area (Å²) in [6.45, 7) is 2.72. The minimum absolute atomic E-state index is 0.0796. The highest BCUT2D eigenvalue weighted by molar-refractivity contribution is 7.99. The third kappa shape index (κ3) is 4.05. The summed E-state index contributed by atoms with van der Waals surface area (Å²) >= 11 is 1.26. The Labute approximate surface area is 172 Å².